The first-order valence-corrected chi connectivity index (χ1v) is 12.3. The van der Waals surface area contributed by atoms with Crippen LogP contribution in [0.4, 0.5) is 0 Å². The molecule has 0 saturated carbocycles. The minimum absolute atomic E-state index is 0.0782. The Bertz CT molecular complexity index is 941. The van der Waals surface area contributed by atoms with E-state index in [1.165, 1.54) is 21.4 Å². The molecule has 0 fully saturated rings. The largest absolute Gasteiger partial charge is 0.369 e. The lowest BCUT2D eigenvalue weighted by Gasteiger charge is -2.33. The van der Waals surface area contributed by atoms with E-state index in [9.17, 15) is 0 Å². The van der Waals surface area contributed by atoms with Crippen molar-refractivity contribution in [1.29, 1.82) is 0 Å². The number of hydrogen-bond donors (Lipinski definition) is 0. The number of thioether (sulfide) groups is 2. The van der Waals surface area contributed by atoms with Crippen molar-refractivity contribution in [3.05, 3.63) is 46.3 Å². The van der Waals surface area contributed by atoms with Gasteiger partial charge in [0.1, 0.15) is 9.86 Å². The second-order valence-corrected chi connectivity index (χ2v) is 9.99. The Labute approximate surface area is 173 Å². The third-order valence-corrected chi connectivity index (χ3v) is 7.81. The summed E-state index contributed by atoms with van der Waals surface area (Å²) in [6.45, 7) is 5.12. The van der Waals surface area contributed by atoms with E-state index in [0.717, 1.165) is 40.0 Å². The molecule has 1 aliphatic rings. The van der Waals surface area contributed by atoms with Crippen LogP contribution in [0.15, 0.2) is 40.5 Å². The summed E-state index contributed by atoms with van der Waals surface area (Å²) >= 11 is 5.26. The number of aromatic nitrogens is 2. The molecule has 0 amide bonds. The van der Waals surface area contributed by atoms with Crippen molar-refractivity contribution in [1.82, 2.24) is 9.97 Å². The SMILES string of the molecule is CC[C@@]1(C)Cc2c(sc3nc(SC)nc(SCCc4ccccc4)c23)CO1. The van der Waals surface area contributed by atoms with Crippen LogP contribution in [0, 0.1) is 0 Å². The van der Waals surface area contributed by atoms with Gasteiger partial charge in [0.15, 0.2) is 5.16 Å². The lowest BCUT2D eigenvalue weighted by molar-refractivity contribution is -0.0543. The number of benzene rings is 1. The van der Waals surface area contributed by atoms with Crippen LogP contribution in [-0.2, 0) is 24.2 Å². The highest BCUT2D eigenvalue weighted by molar-refractivity contribution is 7.99. The van der Waals surface area contributed by atoms with Gasteiger partial charge in [-0.25, -0.2) is 9.97 Å². The molecule has 1 atom stereocenters. The van der Waals surface area contributed by atoms with Gasteiger partial charge < -0.3 is 4.74 Å². The van der Waals surface area contributed by atoms with E-state index in [-0.39, 0.29) is 5.60 Å². The predicted molar refractivity (Wildman–Crippen MR) is 117 cm³/mol. The van der Waals surface area contributed by atoms with Crippen LogP contribution >= 0.6 is 34.9 Å². The average Bonchev–Trinajstić information content (AvgIpc) is 3.06. The Balaban J connectivity index is 1.67. The van der Waals surface area contributed by atoms with Gasteiger partial charge in [0.25, 0.3) is 0 Å². The summed E-state index contributed by atoms with van der Waals surface area (Å²) in [5.74, 6) is 1.02. The zero-order valence-corrected chi connectivity index (χ0v) is 18.4. The number of ether oxygens (including phenoxy) is 1. The summed E-state index contributed by atoms with van der Waals surface area (Å²) in [4.78, 5) is 12.1. The molecule has 0 aliphatic carbocycles. The molecule has 4 rings (SSSR count). The topological polar surface area (TPSA) is 35.0 Å². The van der Waals surface area contributed by atoms with E-state index in [1.807, 2.05) is 18.0 Å². The number of nitrogens with zero attached hydrogens (tertiary/aromatic N) is 2. The predicted octanol–water partition coefficient (Wildman–Crippen LogP) is 5.99. The first kappa shape index (κ1) is 19.2. The molecule has 6 heteroatoms. The summed E-state index contributed by atoms with van der Waals surface area (Å²) in [5.41, 5.74) is 2.71. The smallest absolute Gasteiger partial charge is 0.189 e. The van der Waals surface area contributed by atoms with Gasteiger partial charge in [-0.1, -0.05) is 49.0 Å². The van der Waals surface area contributed by atoms with E-state index >= 15 is 0 Å². The van der Waals surface area contributed by atoms with Gasteiger partial charge in [0, 0.05) is 22.4 Å². The molecule has 3 heterocycles. The van der Waals surface area contributed by atoms with Crippen LogP contribution in [0.25, 0.3) is 10.2 Å². The van der Waals surface area contributed by atoms with E-state index in [2.05, 4.69) is 44.2 Å². The maximum absolute atomic E-state index is 6.16. The molecule has 0 radical (unpaired) electrons. The molecular formula is C21H24N2OS3. The van der Waals surface area contributed by atoms with Gasteiger partial charge >= 0.3 is 0 Å². The monoisotopic (exact) mass is 416 g/mol. The third kappa shape index (κ3) is 4.04. The Kier molecular flexibility index (Phi) is 5.78. The number of rotatable bonds is 6. The molecule has 27 heavy (non-hydrogen) atoms. The first-order valence-electron chi connectivity index (χ1n) is 9.29. The minimum Gasteiger partial charge on any atom is -0.369 e. The minimum atomic E-state index is -0.0782. The van der Waals surface area contributed by atoms with Crippen LogP contribution in [0.3, 0.4) is 0 Å². The highest BCUT2D eigenvalue weighted by Gasteiger charge is 2.33. The van der Waals surface area contributed by atoms with Crippen LogP contribution in [0.2, 0.25) is 0 Å². The highest BCUT2D eigenvalue weighted by atomic mass is 32.2. The van der Waals surface area contributed by atoms with Gasteiger partial charge in [-0.3, -0.25) is 0 Å². The average molecular weight is 417 g/mol. The summed E-state index contributed by atoms with van der Waals surface area (Å²) in [5, 5.41) is 3.27. The molecule has 142 valence electrons. The van der Waals surface area contributed by atoms with E-state index < -0.39 is 0 Å². The van der Waals surface area contributed by atoms with Crippen LogP contribution in [-0.4, -0.2) is 27.6 Å². The van der Waals surface area contributed by atoms with Crippen molar-refractivity contribution in [2.45, 2.75) is 55.5 Å². The fraction of sp³-hybridized carbons (Fsp3) is 0.429. The van der Waals surface area contributed by atoms with E-state index in [0.29, 0.717) is 6.61 Å². The van der Waals surface area contributed by atoms with Crippen molar-refractivity contribution in [3.63, 3.8) is 0 Å². The first-order chi connectivity index (χ1) is 13.1. The maximum atomic E-state index is 6.16. The van der Waals surface area contributed by atoms with Gasteiger partial charge in [0.2, 0.25) is 0 Å². The molecule has 0 N–H and O–H groups in total. The lowest BCUT2D eigenvalue weighted by Crippen LogP contribution is -2.33. The van der Waals surface area contributed by atoms with Crippen LogP contribution in [0.5, 0.6) is 0 Å². The number of hydrogen-bond acceptors (Lipinski definition) is 6. The van der Waals surface area contributed by atoms with Crippen LogP contribution < -0.4 is 0 Å². The molecule has 0 bridgehead atoms. The summed E-state index contributed by atoms with van der Waals surface area (Å²) < 4.78 is 6.16. The summed E-state index contributed by atoms with van der Waals surface area (Å²) in [7, 11) is 0. The maximum Gasteiger partial charge on any atom is 0.189 e. The Hall–Kier alpha value is -1.08. The molecule has 3 nitrogen and oxygen atoms in total. The van der Waals surface area contributed by atoms with Crippen molar-refractivity contribution >= 4 is 45.1 Å². The third-order valence-electron chi connectivity index (χ3n) is 5.19. The lowest BCUT2D eigenvalue weighted by atomic mass is 9.90. The second-order valence-electron chi connectivity index (χ2n) is 7.05. The number of aryl methyl sites for hydroxylation is 1. The Morgan fingerprint density at radius 1 is 1.22 bits per heavy atom. The normalized spacial score (nSPS) is 19.4. The fourth-order valence-electron chi connectivity index (χ4n) is 3.35. The van der Waals surface area contributed by atoms with Crippen molar-refractivity contribution in [3.8, 4) is 0 Å². The van der Waals surface area contributed by atoms with E-state index in [4.69, 9.17) is 14.7 Å². The fourth-order valence-corrected chi connectivity index (χ4v) is 6.05. The standard InChI is InChI=1S/C21H24N2OS3/c1-4-21(2)12-15-16(13-24-21)27-19-17(15)18(22-20(23-19)25-3)26-11-10-14-8-6-5-7-9-14/h5-9H,4,10-13H2,1-3H3/t21-/m0/s1. The molecule has 0 spiro atoms. The van der Waals surface area contributed by atoms with Crippen molar-refractivity contribution in [2.24, 2.45) is 0 Å². The summed E-state index contributed by atoms with van der Waals surface area (Å²) in [6, 6.07) is 10.7. The Morgan fingerprint density at radius 3 is 2.78 bits per heavy atom. The molecular weight excluding hydrogens is 392 g/mol. The van der Waals surface area contributed by atoms with Crippen LogP contribution in [0.1, 0.15) is 36.3 Å². The molecule has 3 aromatic rings. The zero-order valence-electron chi connectivity index (χ0n) is 15.9. The highest BCUT2D eigenvalue weighted by Crippen LogP contribution is 2.43. The van der Waals surface area contributed by atoms with Gasteiger partial charge in [0.05, 0.1) is 12.2 Å². The van der Waals surface area contributed by atoms with Crippen molar-refractivity contribution < 1.29 is 4.74 Å². The molecule has 0 saturated heterocycles. The van der Waals surface area contributed by atoms with Gasteiger partial charge in [-0.2, -0.15) is 0 Å². The van der Waals surface area contributed by atoms with Gasteiger partial charge in [-0.15, -0.1) is 23.1 Å². The molecule has 1 aromatic carbocycles. The summed E-state index contributed by atoms with van der Waals surface area (Å²) in [6.07, 6.45) is 5.06. The molecule has 0 unspecified atom stereocenters. The molecule has 2 aromatic heterocycles. The van der Waals surface area contributed by atoms with E-state index in [1.54, 1.807) is 23.1 Å². The quantitative estimate of drug-likeness (QED) is 0.280. The number of thiophene rings is 1. The number of fused-ring (bicyclic) bond motifs is 3. The van der Waals surface area contributed by atoms with Gasteiger partial charge in [-0.05, 0) is 37.1 Å². The second kappa shape index (κ2) is 8.11. The molecule has 1 aliphatic heterocycles. The zero-order chi connectivity index (χ0) is 18.9. The Morgan fingerprint density at radius 2 is 2.04 bits per heavy atom. The van der Waals surface area contributed by atoms with Crippen molar-refractivity contribution in [2.75, 3.05) is 12.0 Å².